The third-order valence-corrected chi connectivity index (χ3v) is 2.51. The zero-order valence-electron chi connectivity index (χ0n) is 10.7. The lowest BCUT2D eigenvalue weighted by Crippen LogP contribution is -2.50. The van der Waals surface area contributed by atoms with E-state index in [0.29, 0.717) is 5.75 Å². The molecule has 0 aliphatic carbocycles. The van der Waals surface area contributed by atoms with Crippen LogP contribution in [0.1, 0.15) is 19.4 Å². The molecule has 0 atom stereocenters. The van der Waals surface area contributed by atoms with Crippen molar-refractivity contribution in [2.75, 3.05) is 7.11 Å². The fourth-order valence-corrected chi connectivity index (χ4v) is 1.37. The van der Waals surface area contributed by atoms with Crippen molar-refractivity contribution < 1.29 is 19.4 Å². The summed E-state index contributed by atoms with van der Waals surface area (Å²) in [6, 6.07) is 7.05. The van der Waals surface area contributed by atoms with Crippen LogP contribution in [0.3, 0.4) is 0 Å². The predicted octanol–water partition coefficient (Wildman–Crippen LogP) is 1.22. The van der Waals surface area contributed by atoms with E-state index in [0.717, 1.165) is 5.56 Å². The summed E-state index contributed by atoms with van der Waals surface area (Å²) in [5.74, 6) is -0.678. The van der Waals surface area contributed by atoms with Crippen LogP contribution in [0.2, 0.25) is 0 Å². The smallest absolute Gasteiger partial charge is 0.328 e. The standard InChI is InChI=1S/C13H17NO4/c1-13(2,12(16)17)14-11(15)8-9-4-6-10(18-3)7-5-9/h4-7H,8H2,1-3H3,(H,14,15)(H,16,17). The van der Waals surface area contributed by atoms with E-state index in [2.05, 4.69) is 5.32 Å². The third kappa shape index (κ3) is 3.76. The molecule has 1 aromatic rings. The van der Waals surface area contributed by atoms with Crippen LogP contribution in [0, 0.1) is 0 Å². The summed E-state index contributed by atoms with van der Waals surface area (Å²) in [6.45, 7) is 2.89. The number of carbonyl (C=O) groups excluding carboxylic acids is 1. The molecule has 0 saturated heterocycles. The molecule has 0 spiro atoms. The van der Waals surface area contributed by atoms with E-state index < -0.39 is 11.5 Å². The summed E-state index contributed by atoms with van der Waals surface area (Å²) >= 11 is 0. The lowest BCUT2D eigenvalue weighted by Gasteiger charge is -2.20. The molecule has 0 aromatic heterocycles. The Morgan fingerprint density at radius 2 is 1.83 bits per heavy atom. The first-order valence-electron chi connectivity index (χ1n) is 5.52. The van der Waals surface area contributed by atoms with E-state index in [1.54, 1.807) is 31.4 Å². The Morgan fingerprint density at radius 3 is 2.28 bits per heavy atom. The number of carboxylic acid groups (broad SMARTS) is 1. The minimum Gasteiger partial charge on any atom is -0.497 e. The SMILES string of the molecule is COc1ccc(CC(=O)NC(C)(C)C(=O)O)cc1. The third-order valence-electron chi connectivity index (χ3n) is 2.51. The van der Waals surface area contributed by atoms with Crippen molar-refractivity contribution in [1.29, 1.82) is 0 Å². The molecular weight excluding hydrogens is 234 g/mol. The molecule has 5 nitrogen and oxygen atoms in total. The number of carboxylic acids is 1. The summed E-state index contributed by atoms with van der Waals surface area (Å²) in [6.07, 6.45) is 0.140. The molecule has 0 saturated carbocycles. The first kappa shape index (κ1) is 14.0. The Kier molecular flexibility index (Phi) is 4.31. The van der Waals surface area contributed by atoms with E-state index in [1.807, 2.05) is 0 Å². The summed E-state index contributed by atoms with van der Waals surface area (Å²) in [7, 11) is 1.57. The van der Waals surface area contributed by atoms with Crippen LogP contribution < -0.4 is 10.1 Å². The molecule has 1 rings (SSSR count). The van der Waals surface area contributed by atoms with E-state index in [9.17, 15) is 9.59 Å². The van der Waals surface area contributed by atoms with Gasteiger partial charge in [0, 0.05) is 0 Å². The van der Waals surface area contributed by atoms with Gasteiger partial charge in [-0.1, -0.05) is 12.1 Å². The number of aliphatic carboxylic acids is 1. The molecule has 1 amide bonds. The molecule has 98 valence electrons. The van der Waals surface area contributed by atoms with Gasteiger partial charge in [0.15, 0.2) is 0 Å². The number of hydrogen-bond donors (Lipinski definition) is 2. The molecule has 0 heterocycles. The first-order chi connectivity index (χ1) is 8.35. The summed E-state index contributed by atoms with van der Waals surface area (Å²) < 4.78 is 5.01. The highest BCUT2D eigenvalue weighted by Crippen LogP contribution is 2.12. The van der Waals surface area contributed by atoms with E-state index in [4.69, 9.17) is 9.84 Å². The van der Waals surface area contributed by atoms with Gasteiger partial charge in [0.25, 0.3) is 0 Å². The fourth-order valence-electron chi connectivity index (χ4n) is 1.37. The maximum Gasteiger partial charge on any atom is 0.328 e. The lowest BCUT2D eigenvalue weighted by atomic mass is 10.1. The van der Waals surface area contributed by atoms with Gasteiger partial charge in [-0.25, -0.2) is 4.79 Å². The van der Waals surface area contributed by atoms with E-state index >= 15 is 0 Å². The van der Waals surface area contributed by atoms with E-state index in [1.165, 1.54) is 13.8 Å². The Morgan fingerprint density at radius 1 is 1.28 bits per heavy atom. The van der Waals surface area contributed by atoms with Crippen LogP contribution in [-0.4, -0.2) is 29.6 Å². The van der Waals surface area contributed by atoms with Crippen molar-refractivity contribution in [2.45, 2.75) is 25.8 Å². The number of rotatable bonds is 5. The van der Waals surface area contributed by atoms with Crippen LogP contribution in [0.15, 0.2) is 24.3 Å². The lowest BCUT2D eigenvalue weighted by molar-refractivity contribution is -0.145. The topological polar surface area (TPSA) is 75.6 Å². The first-order valence-corrected chi connectivity index (χ1v) is 5.52. The molecule has 0 radical (unpaired) electrons. The second kappa shape index (κ2) is 5.53. The van der Waals surface area contributed by atoms with Crippen molar-refractivity contribution in [2.24, 2.45) is 0 Å². The quantitative estimate of drug-likeness (QED) is 0.825. The largest absolute Gasteiger partial charge is 0.497 e. The van der Waals surface area contributed by atoms with Gasteiger partial charge in [-0.2, -0.15) is 0 Å². The minimum atomic E-state index is -1.26. The number of carbonyl (C=O) groups is 2. The van der Waals surface area contributed by atoms with E-state index in [-0.39, 0.29) is 12.3 Å². The number of benzene rings is 1. The molecule has 2 N–H and O–H groups in total. The average molecular weight is 251 g/mol. The second-order valence-electron chi connectivity index (χ2n) is 4.50. The summed E-state index contributed by atoms with van der Waals surface area (Å²) in [5, 5.41) is 11.4. The minimum absolute atomic E-state index is 0.140. The van der Waals surface area contributed by atoms with Crippen LogP contribution in [0.5, 0.6) is 5.75 Å². The average Bonchev–Trinajstić information content (AvgIpc) is 2.29. The van der Waals surface area contributed by atoms with Crippen LogP contribution >= 0.6 is 0 Å². The number of amides is 1. The van der Waals surface area contributed by atoms with Crippen LogP contribution in [-0.2, 0) is 16.0 Å². The van der Waals surface area contributed by atoms with Gasteiger partial charge < -0.3 is 15.2 Å². The van der Waals surface area contributed by atoms with Crippen molar-refractivity contribution in [3.63, 3.8) is 0 Å². The molecule has 18 heavy (non-hydrogen) atoms. The van der Waals surface area contributed by atoms with Gasteiger partial charge in [-0.05, 0) is 31.5 Å². The van der Waals surface area contributed by atoms with Gasteiger partial charge in [-0.15, -0.1) is 0 Å². The van der Waals surface area contributed by atoms with Gasteiger partial charge >= 0.3 is 5.97 Å². The highest BCUT2D eigenvalue weighted by Gasteiger charge is 2.28. The van der Waals surface area contributed by atoms with Gasteiger partial charge in [0.1, 0.15) is 11.3 Å². The maximum absolute atomic E-state index is 11.7. The molecule has 5 heteroatoms. The van der Waals surface area contributed by atoms with Gasteiger partial charge in [0.05, 0.1) is 13.5 Å². The molecule has 0 unspecified atom stereocenters. The zero-order chi connectivity index (χ0) is 13.8. The molecule has 0 aliphatic heterocycles. The number of methoxy groups -OCH3 is 1. The maximum atomic E-state index is 11.7. The Balaban J connectivity index is 2.62. The Labute approximate surface area is 106 Å². The normalized spacial score (nSPS) is 10.8. The second-order valence-corrected chi connectivity index (χ2v) is 4.50. The molecular formula is C13H17NO4. The van der Waals surface area contributed by atoms with Crippen LogP contribution in [0.25, 0.3) is 0 Å². The molecule has 0 fully saturated rings. The molecule has 0 bridgehead atoms. The van der Waals surface area contributed by atoms with Gasteiger partial charge in [-0.3, -0.25) is 4.79 Å². The fraction of sp³-hybridized carbons (Fsp3) is 0.385. The number of ether oxygens (including phenoxy) is 1. The zero-order valence-corrected chi connectivity index (χ0v) is 10.7. The highest BCUT2D eigenvalue weighted by atomic mass is 16.5. The molecule has 0 aliphatic rings. The van der Waals surface area contributed by atoms with Crippen molar-refractivity contribution in [1.82, 2.24) is 5.32 Å². The Hall–Kier alpha value is -2.04. The Bertz CT molecular complexity index is 437. The number of hydrogen-bond acceptors (Lipinski definition) is 3. The molecule has 1 aromatic carbocycles. The monoisotopic (exact) mass is 251 g/mol. The van der Waals surface area contributed by atoms with Crippen molar-refractivity contribution >= 4 is 11.9 Å². The van der Waals surface area contributed by atoms with Crippen molar-refractivity contribution in [3.8, 4) is 5.75 Å². The van der Waals surface area contributed by atoms with Crippen molar-refractivity contribution in [3.05, 3.63) is 29.8 Å². The predicted molar refractivity (Wildman–Crippen MR) is 66.6 cm³/mol. The van der Waals surface area contributed by atoms with Crippen LogP contribution in [0.4, 0.5) is 0 Å². The van der Waals surface area contributed by atoms with Gasteiger partial charge in [0.2, 0.25) is 5.91 Å². The summed E-state index contributed by atoms with van der Waals surface area (Å²) in [4.78, 5) is 22.5. The summed E-state index contributed by atoms with van der Waals surface area (Å²) in [5.41, 5.74) is -0.460. The highest BCUT2D eigenvalue weighted by molar-refractivity contribution is 5.87. The number of nitrogens with one attached hydrogen (secondary N) is 1.